The highest BCUT2D eigenvalue weighted by Gasteiger charge is 2.04. The fourth-order valence-corrected chi connectivity index (χ4v) is 1.74. The summed E-state index contributed by atoms with van der Waals surface area (Å²) in [5.74, 6) is 0. The van der Waals surface area contributed by atoms with Gasteiger partial charge in [-0.05, 0) is 42.9 Å². The topological polar surface area (TPSA) is 27.3 Å². The monoisotopic (exact) mass is 287 g/mol. The van der Waals surface area contributed by atoms with Crippen molar-refractivity contribution in [3.63, 3.8) is 0 Å². The average Bonchev–Trinajstić information content (AvgIpc) is 2.20. The summed E-state index contributed by atoms with van der Waals surface area (Å²) in [7, 11) is 3.69. The number of hydrogen-bond acceptors (Lipinski definition) is 2. The van der Waals surface area contributed by atoms with E-state index in [0.29, 0.717) is 5.11 Å². The maximum atomic E-state index is 5.19. The Bertz CT molecular complexity index is 368. The molecule has 0 saturated heterocycles. The highest BCUT2D eigenvalue weighted by Crippen LogP contribution is 2.20. The minimum Gasteiger partial charge on any atom is -0.331 e. The number of rotatable bonds is 2. The van der Waals surface area contributed by atoms with Crippen LogP contribution in [0.25, 0.3) is 0 Å². The van der Waals surface area contributed by atoms with Gasteiger partial charge in [-0.1, -0.05) is 15.9 Å². The maximum Gasteiger partial charge on any atom is 0.187 e. The lowest BCUT2D eigenvalue weighted by Crippen LogP contribution is -2.39. The van der Waals surface area contributed by atoms with Crippen LogP contribution in [0.4, 0.5) is 5.69 Å². The third kappa shape index (κ3) is 3.44. The van der Waals surface area contributed by atoms with E-state index in [0.717, 1.165) is 15.7 Å². The number of thiocarbonyl (C=S) groups is 1. The van der Waals surface area contributed by atoms with Crippen molar-refractivity contribution < 1.29 is 0 Å². The van der Waals surface area contributed by atoms with Gasteiger partial charge < -0.3 is 5.32 Å². The summed E-state index contributed by atoms with van der Waals surface area (Å²) in [5.41, 5.74) is 5.10. The van der Waals surface area contributed by atoms with Gasteiger partial charge in [0.15, 0.2) is 5.11 Å². The molecule has 0 unspecified atom stereocenters. The van der Waals surface area contributed by atoms with Crippen molar-refractivity contribution in [2.24, 2.45) is 0 Å². The van der Waals surface area contributed by atoms with E-state index >= 15 is 0 Å². The van der Waals surface area contributed by atoms with E-state index in [2.05, 4.69) is 26.7 Å². The first kappa shape index (κ1) is 12.4. The highest BCUT2D eigenvalue weighted by atomic mass is 79.9. The van der Waals surface area contributed by atoms with Gasteiger partial charge in [0.25, 0.3) is 0 Å². The van der Waals surface area contributed by atoms with Crippen LogP contribution >= 0.6 is 28.1 Å². The molecule has 0 aliphatic carbocycles. The molecule has 0 bridgehead atoms. The van der Waals surface area contributed by atoms with Gasteiger partial charge in [-0.25, -0.2) is 5.43 Å². The molecule has 0 aliphatic heterocycles. The summed E-state index contributed by atoms with van der Waals surface area (Å²) < 4.78 is 1.07. The summed E-state index contributed by atoms with van der Waals surface area (Å²) in [6.45, 7) is 2.04. The Labute approximate surface area is 104 Å². The normalized spacial score (nSPS) is 9.87. The Morgan fingerprint density at radius 1 is 1.47 bits per heavy atom. The molecule has 1 aromatic rings. The first-order chi connectivity index (χ1) is 7.04. The van der Waals surface area contributed by atoms with Gasteiger partial charge in [-0.15, -0.1) is 0 Å². The van der Waals surface area contributed by atoms with Gasteiger partial charge in [0.1, 0.15) is 0 Å². The lowest BCUT2D eigenvalue weighted by Gasteiger charge is -2.20. The third-order valence-electron chi connectivity index (χ3n) is 2.07. The van der Waals surface area contributed by atoms with Crippen LogP contribution in [0.5, 0.6) is 0 Å². The van der Waals surface area contributed by atoms with Gasteiger partial charge in [0.05, 0.1) is 0 Å². The summed E-state index contributed by atoms with van der Waals surface area (Å²) in [6.07, 6.45) is 0. The first-order valence-electron chi connectivity index (χ1n) is 4.53. The largest absolute Gasteiger partial charge is 0.331 e. The van der Waals surface area contributed by atoms with Crippen molar-refractivity contribution in [1.82, 2.24) is 10.4 Å². The Kier molecular flexibility index (Phi) is 4.50. The van der Waals surface area contributed by atoms with Crippen LogP contribution < -0.4 is 10.7 Å². The van der Waals surface area contributed by atoms with E-state index in [9.17, 15) is 0 Å². The molecular formula is C10H14BrN3S. The minimum absolute atomic E-state index is 0.642. The molecule has 0 amide bonds. The van der Waals surface area contributed by atoms with E-state index in [1.807, 2.05) is 39.2 Å². The molecule has 82 valence electrons. The van der Waals surface area contributed by atoms with Crippen LogP contribution in [-0.2, 0) is 0 Å². The quantitative estimate of drug-likeness (QED) is 0.646. The highest BCUT2D eigenvalue weighted by molar-refractivity contribution is 9.10. The Morgan fingerprint density at radius 3 is 2.67 bits per heavy atom. The molecule has 1 rings (SSSR count). The van der Waals surface area contributed by atoms with Crippen molar-refractivity contribution >= 4 is 38.9 Å². The number of hydrazine groups is 1. The Balaban J connectivity index is 2.77. The molecule has 0 fully saturated rings. The summed E-state index contributed by atoms with van der Waals surface area (Å²) >= 11 is 8.61. The van der Waals surface area contributed by atoms with E-state index in [1.54, 1.807) is 5.01 Å². The number of aryl methyl sites for hydroxylation is 1. The second kappa shape index (κ2) is 5.44. The maximum absolute atomic E-state index is 5.19. The Morgan fingerprint density at radius 2 is 2.13 bits per heavy atom. The first-order valence-corrected chi connectivity index (χ1v) is 5.73. The second-order valence-electron chi connectivity index (χ2n) is 3.17. The van der Waals surface area contributed by atoms with Gasteiger partial charge >= 0.3 is 0 Å². The third-order valence-corrected chi connectivity index (χ3v) is 2.94. The smallest absolute Gasteiger partial charge is 0.187 e. The Hall–Kier alpha value is -0.650. The molecule has 0 heterocycles. The van der Waals surface area contributed by atoms with E-state index in [-0.39, 0.29) is 0 Å². The van der Waals surface area contributed by atoms with Crippen molar-refractivity contribution in [2.75, 3.05) is 19.4 Å². The van der Waals surface area contributed by atoms with Crippen LogP contribution in [-0.4, -0.2) is 24.2 Å². The molecule has 0 atom stereocenters. The molecule has 2 N–H and O–H groups in total. The molecule has 1 aromatic carbocycles. The summed E-state index contributed by atoms with van der Waals surface area (Å²) in [4.78, 5) is 0. The average molecular weight is 288 g/mol. The molecule has 0 aromatic heterocycles. The van der Waals surface area contributed by atoms with E-state index in [4.69, 9.17) is 12.2 Å². The van der Waals surface area contributed by atoms with Crippen LogP contribution in [0, 0.1) is 6.92 Å². The SMILES string of the molecule is CNN(C)C(=S)Nc1ccc(Br)cc1C. The molecule has 3 nitrogen and oxygen atoms in total. The predicted molar refractivity (Wildman–Crippen MR) is 71.9 cm³/mol. The van der Waals surface area contributed by atoms with E-state index in [1.165, 1.54) is 0 Å². The fraction of sp³-hybridized carbons (Fsp3) is 0.300. The van der Waals surface area contributed by atoms with Crippen molar-refractivity contribution in [3.05, 3.63) is 28.2 Å². The van der Waals surface area contributed by atoms with Gasteiger partial charge in [-0.2, -0.15) is 0 Å². The zero-order valence-electron chi connectivity index (χ0n) is 8.97. The van der Waals surface area contributed by atoms with Crippen LogP contribution in [0.2, 0.25) is 0 Å². The number of nitrogens with one attached hydrogen (secondary N) is 2. The predicted octanol–water partition coefficient (Wildman–Crippen LogP) is 2.52. The zero-order chi connectivity index (χ0) is 11.4. The number of hydrogen-bond donors (Lipinski definition) is 2. The molecule has 0 spiro atoms. The van der Waals surface area contributed by atoms with Crippen molar-refractivity contribution in [3.8, 4) is 0 Å². The number of anilines is 1. The number of halogens is 1. The van der Waals surface area contributed by atoms with Crippen LogP contribution in [0.1, 0.15) is 5.56 Å². The van der Waals surface area contributed by atoms with Gasteiger partial charge in [0, 0.05) is 24.3 Å². The molecule has 15 heavy (non-hydrogen) atoms. The summed E-state index contributed by atoms with van der Waals surface area (Å²) in [5, 5.41) is 5.55. The second-order valence-corrected chi connectivity index (χ2v) is 4.47. The lowest BCUT2D eigenvalue weighted by atomic mass is 10.2. The molecule has 0 radical (unpaired) electrons. The van der Waals surface area contributed by atoms with Crippen LogP contribution in [0.15, 0.2) is 22.7 Å². The molecule has 5 heteroatoms. The van der Waals surface area contributed by atoms with Gasteiger partial charge in [0.2, 0.25) is 0 Å². The van der Waals surface area contributed by atoms with Gasteiger partial charge in [-0.3, -0.25) is 5.01 Å². The van der Waals surface area contributed by atoms with E-state index < -0.39 is 0 Å². The molecule has 0 saturated carbocycles. The standard InChI is InChI=1S/C10H14BrN3S/c1-7-6-8(11)4-5-9(7)13-10(15)14(3)12-2/h4-6,12H,1-3H3,(H,13,15). The zero-order valence-corrected chi connectivity index (χ0v) is 11.4. The lowest BCUT2D eigenvalue weighted by molar-refractivity contribution is 0.416. The molecular weight excluding hydrogens is 274 g/mol. The minimum atomic E-state index is 0.642. The summed E-state index contributed by atoms with van der Waals surface area (Å²) in [6, 6.07) is 6.02. The number of nitrogens with zero attached hydrogens (tertiary/aromatic N) is 1. The fourth-order valence-electron chi connectivity index (χ4n) is 1.07. The molecule has 0 aliphatic rings. The number of benzene rings is 1. The van der Waals surface area contributed by atoms with Crippen molar-refractivity contribution in [2.45, 2.75) is 6.92 Å². The van der Waals surface area contributed by atoms with Crippen molar-refractivity contribution in [1.29, 1.82) is 0 Å². The van der Waals surface area contributed by atoms with Crippen LogP contribution in [0.3, 0.4) is 0 Å².